The second-order valence-electron chi connectivity index (χ2n) is 5.11. The first-order chi connectivity index (χ1) is 9.67. The predicted molar refractivity (Wildman–Crippen MR) is 90.3 cm³/mol. The predicted octanol–water partition coefficient (Wildman–Crippen LogP) is 4.85. The van der Waals surface area contributed by atoms with Crippen molar-refractivity contribution in [3.63, 3.8) is 0 Å². The molecule has 2 nitrogen and oxygen atoms in total. The van der Waals surface area contributed by atoms with Crippen molar-refractivity contribution in [2.45, 2.75) is 51.5 Å². The van der Waals surface area contributed by atoms with Crippen LogP contribution in [0, 0.1) is 0 Å². The summed E-state index contributed by atoms with van der Waals surface area (Å²) in [6.45, 7) is 6.62. The highest BCUT2D eigenvalue weighted by Crippen LogP contribution is 2.25. The lowest BCUT2D eigenvalue weighted by Crippen LogP contribution is -2.21. The second kappa shape index (κ2) is 10.0. The Morgan fingerprint density at radius 3 is 2.85 bits per heavy atom. The average molecular weight is 340 g/mol. The summed E-state index contributed by atoms with van der Waals surface area (Å²) in [5.41, 5.74) is 7.25. The Kier molecular flexibility index (Phi) is 8.63. The van der Waals surface area contributed by atoms with Crippen LogP contribution in [-0.2, 0) is 6.42 Å². The van der Waals surface area contributed by atoms with Crippen LogP contribution in [-0.4, -0.2) is 12.6 Å². The van der Waals surface area contributed by atoms with E-state index in [0.717, 1.165) is 42.5 Å². The molecule has 0 saturated heterocycles. The lowest BCUT2D eigenvalue weighted by atomic mass is 10.0. The monoisotopic (exact) mass is 339 g/mol. The Morgan fingerprint density at radius 2 is 2.15 bits per heavy atom. The first kappa shape index (κ1) is 17.3. The summed E-state index contributed by atoms with van der Waals surface area (Å²) in [7, 11) is 0. The summed E-state index contributed by atoms with van der Waals surface area (Å²) in [5, 5.41) is 0. The molecule has 0 heterocycles. The van der Waals surface area contributed by atoms with E-state index in [2.05, 4.69) is 35.5 Å². The average Bonchev–Trinajstić information content (AvgIpc) is 2.44. The van der Waals surface area contributed by atoms with Crippen LogP contribution in [0.5, 0.6) is 5.75 Å². The molecule has 1 atom stereocenters. The number of rotatable bonds is 10. The van der Waals surface area contributed by atoms with Crippen LogP contribution in [0.15, 0.2) is 35.3 Å². The van der Waals surface area contributed by atoms with Crippen LogP contribution in [0.25, 0.3) is 0 Å². The van der Waals surface area contributed by atoms with Crippen molar-refractivity contribution in [1.29, 1.82) is 0 Å². The van der Waals surface area contributed by atoms with E-state index in [9.17, 15) is 0 Å². The van der Waals surface area contributed by atoms with Crippen LogP contribution < -0.4 is 10.5 Å². The Balaban J connectivity index is 2.49. The molecule has 0 aliphatic carbocycles. The van der Waals surface area contributed by atoms with Gasteiger partial charge in [0.05, 0.1) is 6.61 Å². The summed E-state index contributed by atoms with van der Waals surface area (Å²) in [6.07, 6.45) is 8.38. The molecule has 0 bridgehead atoms. The van der Waals surface area contributed by atoms with E-state index >= 15 is 0 Å². The third-order valence-corrected chi connectivity index (χ3v) is 3.83. The zero-order valence-electron chi connectivity index (χ0n) is 12.4. The van der Waals surface area contributed by atoms with Gasteiger partial charge in [0.2, 0.25) is 0 Å². The lowest BCUT2D eigenvalue weighted by Gasteiger charge is -2.15. The van der Waals surface area contributed by atoms with Gasteiger partial charge in [0, 0.05) is 10.5 Å². The normalized spacial score (nSPS) is 12.2. The fraction of sp³-hybridized carbons (Fsp3) is 0.529. The van der Waals surface area contributed by atoms with E-state index in [4.69, 9.17) is 10.5 Å². The number of ether oxygens (including phenoxy) is 1. The summed E-state index contributed by atoms with van der Waals surface area (Å²) >= 11 is 3.51. The minimum Gasteiger partial charge on any atom is -0.493 e. The van der Waals surface area contributed by atoms with Crippen molar-refractivity contribution >= 4 is 15.9 Å². The van der Waals surface area contributed by atoms with E-state index in [1.54, 1.807) is 0 Å². The molecule has 0 saturated carbocycles. The highest BCUT2D eigenvalue weighted by Gasteiger charge is 2.08. The van der Waals surface area contributed by atoms with Crippen LogP contribution in [0.3, 0.4) is 0 Å². The molecule has 0 spiro atoms. The fourth-order valence-corrected chi connectivity index (χ4v) is 2.43. The van der Waals surface area contributed by atoms with Crippen molar-refractivity contribution in [3.8, 4) is 5.75 Å². The number of benzene rings is 1. The number of allylic oxidation sites excluding steroid dienone is 1. The maximum atomic E-state index is 6.05. The van der Waals surface area contributed by atoms with Gasteiger partial charge in [0.1, 0.15) is 5.75 Å². The highest BCUT2D eigenvalue weighted by atomic mass is 79.9. The molecule has 1 unspecified atom stereocenters. The minimum atomic E-state index is 0.194. The smallest absolute Gasteiger partial charge is 0.122 e. The first-order valence-electron chi connectivity index (χ1n) is 7.45. The van der Waals surface area contributed by atoms with Crippen molar-refractivity contribution in [2.75, 3.05) is 6.61 Å². The van der Waals surface area contributed by atoms with E-state index < -0.39 is 0 Å². The van der Waals surface area contributed by atoms with Crippen molar-refractivity contribution < 1.29 is 4.74 Å². The third-order valence-electron chi connectivity index (χ3n) is 3.34. The molecule has 0 aliphatic heterocycles. The minimum absolute atomic E-state index is 0.194. The number of nitrogens with two attached hydrogens (primary N) is 1. The SMILES string of the molecule is C=CCCCCCOc1ccc(Br)cc1CC(N)CC. The number of unbranched alkanes of at least 4 members (excludes halogenated alkanes) is 3. The number of hydrogen-bond donors (Lipinski definition) is 1. The van der Waals surface area contributed by atoms with E-state index in [1.807, 2.05) is 18.2 Å². The van der Waals surface area contributed by atoms with Gasteiger partial charge in [-0.15, -0.1) is 6.58 Å². The van der Waals surface area contributed by atoms with Gasteiger partial charge in [0.15, 0.2) is 0 Å². The van der Waals surface area contributed by atoms with Crippen LogP contribution in [0.4, 0.5) is 0 Å². The van der Waals surface area contributed by atoms with Crippen LogP contribution >= 0.6 is 15.9 Å². The Bertz CT molecular complexity index is 406. The molecule has 0 aromatic heterocycles. The largest absolute Gasteiger partial charge is 0.493 e. The van der Waals surface area contributed by atoms with E-state index in [0.29, 0.717) is 0 Å². The fourth-order valence-electron chi connectivity index (χ4n) is 2.02. The van der Waals surface area contributed by atoms with Crippen LogP contribution in [0.2, 0.25) is 0 Å². The Morgan fingerprint density at radius 1 is 1.35 bits per heavy atom. The third kappa shape index (κ3) is 6.58. The van der Waals surface area contributed by atoms with Gasteiger partial charge in [-0.25, -0.2) is 0 Å². The van der Waals surface area contributed by atoms with E-state index in [1.165, 1.54) is 18.4 Å². The topological polar surface area (TPSA) is 35.2 Å². The molecule has 0 radical (unpaired) electrons. The first-order valence-corrected chi connectivity index (χ1v) is 8.24. The molecule has 1 rings (SSSR count). The van der Waals surface area contributed by atoms with E-state index in [-0.39, 0.29) is 6.04 Å². The molecule has 1 aromatic carbocycles. The van der Waals surface area contributed by atoms with Crippen molar-refractivity contribution in [1.82, 2.24) is 0 Å². The summed E-state index contributed by atoms with van der Waals surface area (Å²) in [6, 6.07) is 6.36. The van der Waals surface area contributed by atoms with Gasteiger partial charge < -0.3 is 10.5 Å². The molecule has 3 heteroatoms. The molecule has 0 fully saturated rings. The van der Waals surface area contributed by atoms with Gasteiger partial charge in [-0.1, -0.05) is 28.9 Å². The molecule has 2 N–H and O–H groups in total. The van der Waals surface area contributed by atoms with Gasteiger partial charge in [-0.2, -0.15) is 0 Å². The highest BCUT2D eigenvalue weighted by molar-refractivity contribution is 9.10. The molecule has 20 heavy (non-hydrogen) atoms. The van der Waals surface area contributed by atoms with Crippen molar-refractivity contribution in [3.05, 3.63) is 40.9 Å². The van der Waals surface area contributed by atoms with Crippen LogP contribution in [0.1, 0.15) is 44.6 Å². The molecule has 1 aromatic rings. The zero-order valence-corrected chi connectivity index (χ0v) is 14.0. The summed E-state index contributed by atoms with van der Waals surface area (Å²) in [5.74, 6) is 0.973. The van der Waals surface area contributed by atoms with Crippen molar-refractivity contribution in [2.24, 2.45) is 5.73 Å². The summed E-state index contributed by atoms with van der Waals surface area (Å²) < 4.78 is 6.99. The van der Waals surface area contributed by atoms with Gasteiger partial charge in [-0.3, -0.25) is 0 Å². The summed E-state index contributed by atoms with van der Waals surface area (Å²) in [4.78, 5) is 0. The lowest BCUT2D eigenvalue weighted by molar-refractivity contribution is 0.301. The maximum Gasteiger partial charge on any atom is 0.122 e. The Labute approximate surface area is 131 Å². The second-order valence-corrected chi connectivity index (χ2v) is 6.03. The Hall–Kier alpha value is -0.800. The maximum absolute atomic E-state index is 6.05. The molecule has 112 valence electrons. The zero-order chi connectivity index (χ0) is 14.8. The number of halogens is 1. The molecular weight excluding hydrogens is 314 g/mol. The standard InChI is InChI=1S/C17H26BrNO/c1-3-5-6-7-8-11-20-17-10-9-15(18)12-14(17)13-16(19)4-2/h3,9-10,12,16H,1,4-8,11,13,19H2,2H3. The van der Waals surface area contributed by atoms with Gasteiger partial charge in [0.25, 0.3) is 0 Å². The van der Waals surface area contributed by atoms with Gasteiger partial charge in [-0.05, 0) is 62.3 Å². The molecular formula is C17H26BrNO. The molecule has 0 aliphatic rings. The molecule has 0 amide bonds. The quantitative estimate of drug-likeness (QED) is 0.488. The van der Waals surface area contributed by atoms with Gasteiger partial charge >= 0.3 is 0 Å². The number of hydrogen-bond acceptors (Lipinski definition) is 2.